The van der Waals surface area contributed by atoms with Crippen LogP contribution in [-0.2, 0) is 9.68 Å². The summed E-state index contributed by atoms with van der Waals surface area (Å²) in [4.78, 5) is 11.0. The monoisotopic (exact) mass is 264 g/mol. The van der Waals surface area contributed by atoms with Gasteiger partial charge in [-0.1, -0.05) is 10.3 Å². The highest BCUT2D eigenvalue weighted by molar-refractivity contribution is 6.16. The van der Waals surface area contributed by atoms with Gasteiger partial charge in [0.1, 0.15) is 12.2 Å². The summed E-state index contributed by atoms with van der Waals surface area (Å²) in [5.41, 5.74) is 13.8. The van der Waals surface area contributed by atoms with Crippen LogP contribution in [0, 0.1) is 17.3 Å². The normalized spacial score (nSPS) is 46.6. The van der Waals surface area contributed by atoms with Crippen LogP contribution in [0.4, 0.5) is 0 Å². The highest BCUT2D eigenvalue weighted by atomic mass is 16.6. The summed E-state index contributed by atoms with van der Waals surface area (Å²) in [5.74, 6) is 0.756. The van der Waals surface area contributed by atoms with Crippen molar-refractivity contribution in [1.82, 2.24) is 0 Å². The minimum atomic E-state index is -0.0107. The number of nitrogens with zero attached hydrogens (tertiary/aromatic N) is 2. The Morgan fingerprint density at radius 3 is 1.84 bits per heavy atom. The Kier molecular flexibility index (Phi) is 2.41. The van der Waals surface area contributed by atoms with Gasteiger partial charge >= 0.3 is 0 Å². The van der Waals surface area contributed by atoms with E-state index in [0.717, 1.165) is 25.7 Å². The fourth-order valence-corrected chi connectivity index (χ4v) is 4.40. The van der Waals surface area contributed by atoms with Gasteiger partial charge < -0.3 is 21.1 Å². The molecule has 4 rings (SSSR count). The van der Waals surface area contributed by atoms with Gasteiger partial charge in [-0.05, 0) is 25.7 Å². The van der Waals surface area contributed by atoms with Gasteiger partial charge in [0.25, 0.3) is 0 Å². The van der Waals surface area contributed by atoms with Crippen molar-refractivity contribution in [2.24, 2.45) is 39.0 Å². The molecule has 1 spiro atoms. The molecule has 2 aliphatic carbocycles. The summed E-state index contributed by atoms with van der Waals surface area (Å²) in [6.45, 7) is 1.07. The molecule has 0 bridgehead atoms. The first-order chi connectivity index (χ1) is 9.30. The second-order valence-corrected chi connectivity index (χ2v) is 6.08. The zero-order chi connectivity index (χ0) is 13.0. The fraction of sp³-hybridized carbons (Fsp3) is 0.846. The fourth-order valence-electron chi connectivity index (χ4n) is 4.40. The van der Waals surface area contributed by atoms with Crippen molar-refractivity contribution < 1.29 is 9.68 Å². The molecule has 6 nitrogen and oxygen atoms in total. The Balaban J connectivity index is 1.67. The van der Waals surface area contributed by atoms with E-state index >= 15 is 0 Å². The van der Waals surface area contributed by atoms with Crippen LogP contribution in [-0.4, -0.2) is 36.7 Å². The van der Waals surface area contributed by atoms with Gasteiger partial charge in [-0.15, -0.1) is 0 Å². The second-order valence-electron chi connectivity index (χ2n) is 6.08. The van der Waals surface area contributed by atoms with E-state index in [0.29, 0.717) is 24.9 Å². The Morgan fingerprint density at radius 1 is 0.947 bits per heavy atom. The first kappa shape index (κ1) is 11.7. The number of hydrogen-bond donors (Lipinski definition) is 2. The van der Waals surface area contributed by atoms with Crippen LogP contribution >= 0.6 is 0 Å². The maximum atomic E-state index is 5.76. The van der Waals surface area contributed by atoms with Crippen LogP contribution in [0.1, 0.15) is 25.7 Å². The molecule has 4 N–H and O–H groups in total. The van der Waals surface area contributed by atoms with Crippen LogP contribution in [0.3, 0.4) is 0 Å². The molecule has 4 atom stereocenters. The number of oxime groups is 2. The van der Waals surface area contributed by atoms with Gasteiger partial charge in [0, 0.05) is 24.9 Å². The van der Waals surface area contributed by atoms with Crippen molar-refractivity contribution >= 4 is 11.4 Å². The molecule has 4 unspecified atom stereocenters. The van der Waals surface area contributed by atoms with Crippen molar-refractivity contribution in [3.63, 3.8) is 0 Å². The lowest BCUT2D eigenvalue weighted by molar-refractivity contribution is 0.0633. The highest BCUT2D eigenvalue weighted by Crippen LogP contribution is 2.55. The Morgan fingerprint density at radius 2 is 1.42 bits per heavy atom. The molecule has 0 aromatic carbocycles. The van der Waals surface area contributed by atoms with Gasteiger partial charge in [0.05, 0.1) is 16.8 Å². The minimum Gasteiger partial charge on any atom is -0.390 e. The second kappa shape index (κ2) is 3.93. The standard InChI is InChI=1S/C13H20N4O2/c14-5-9-7-1-3-13(11(7)16-18-9)4-2-8-10(6-15)19-17-12(8)13/h7-10H,1-6,14-15H2. The van der Waals surface area contributed by atoms with Crippen LogP contribution in [0.2, 0.25) is 0 Å². The molecule has 2 aliphatic heterocycles. The Hall–Kier alpha value is -1.14. The quantitative estimate of drug-likeness (QED) is 0.745. The van der Waals surface area contributed by atoms with Crippen LogP contribution < -0.4 is 11.5 Å². The van der Waals surface area contributed by atoms with Crippen LogP contribution in [0.15, 0.2) is 10.3 Å². The summed E-state index contributed by atoms with van der Waals surface area (Å²) in [6.07, 6.45) is 4.52. The molecular formula is C13H20N4O2. The lowest BCUT2D eigenvalue weighted by Crippen LogP contribution is -2.37. The summed E-state index contributed by atoms with van der Waals surface area (Å²) in [5, 5.41) is 8.73. The van der Waals surface area contributed by atoms with E-state index in [9.17, 15) is 0 Å². The van der Waals surface area contributed by atoms with Crippen molar-refractivity contribution in [1.29, 1.82) is 0 Å². The van der Waals surface area contributed by atoms with Gasteiger partial charge in [-0.2, -0.15) is 0 Å². The van der Waals surface area contributed by atoms with E-state index in [1.54, 1.807) is 0 Å². The summed E-state index contributed by atoms with van der Waals surface area (Å²) >= 11 is 0. The minimum absolute atomic E-state index is 0.0107. The third-order valence-electron chi connectivity index (χ3n) is 5.38. The maximum Gasteiger partial charge on any atom is 0.147 e. The van der Waals surface area contributed by atoms with Crippen molar-refractivity contribution in [2.45, 2.75) is 37.9 Å². The number of hydrogen-bond acceptors (Lipinski definition) is 6. The smallest absolute Gasteiger partial charge is 0.147 e. The average molecular weight is 264 g/mol. The molecule has 0 aromatic rings. The highest BCUT2D eigenvalue weighted by Gasteiger charge is 2.61. The summed E-state index contributed by atoms with van der Waals surface area (Å²) < 4.78 is 0. The van der Waals surface area contributed by atoms with E-state index in [-0.39, 0.29) is 17.6 Å². The summed E-state index contributed by atoms with van der Waals surface area (Å²) in [7, 11) is 0. The van der Waals surface area contributed by atoms with E-state index < -0.39 is 0 Å². The predicted octanol–water partition coefficient (Wildman–Crippen LogP) is 0.220. The van der Waals surface area contributed by atoms with Gasteiger partial charge in [0.15, 0.2) is 0 Å². The predicted molar refractivity (Wildman–Crippen MR) is 70.6 cm³/mol. The molecule has 0 radical (unpaired) electrons. The Bertz CT molecular complexity index is 420. The van der Waals surface area contributed by atoms with E-state index in [2.05, 4.69) is 10.3 Å². The average Bonchev–Trinajstić information content (AvgIpc) is 3.15. The maximum absolute atomic E-state index is 5.76. The third kappa shape index (κ3) is 1.33. The zero-order valence-electron chi connectivity index (χ0n) is 10.9. The molecule has 2 heterocycles. The molecule has 4 aliphatic rings. The van der Waals surface area contributed by atoms with Crippen molar-refractivity contribution in [2.75, 3.05) is 13.1 Å². The summed E-state index contributed by atoms with van der Waals surface area (Å²) in [6, 6.07) is 0. The number of rotatable bonds is 2. The molecule has 104 valence electrons. The number of fused-ring (bicyclic) bond motifs is 4. The van der Waals surface area contributed by atoms with E-state index in [1.807, 2.05) is 0 Å². The SMILES string of the molecule is NCC1ON=C2C1CCC21CCC2C1=NOC2CN. The molecule has 0 saturated heterocycles. The van der Waals surface area contributed by atoms with E-state index in [4.69, 9.17) is 21.1 Å². The largest absolute Gasteiger partial charge is 0.390 e. The molecule has 2 saturated carbocycles. The molecule has 19 heavy (non-hydrogen) atoms. The lowest BCUT2D eigenvalue weighted by atomic mass is 9.78. The zero-order valence-corrected chi connectivity index (χ0v) is 10.9. The van der Waals surface area contributed by atoms with Gasteiger partial charge in [0.2, 0.25) is 0 Å². The first-order valence-electron chi connectivity index (χ1n) is 7.18. The van der Waals surface area contributed by atoms with Crippen molar-refractivity contribution in [3.8, 4) is 0 Å². The van der Waals surface area contributed by atoms with Gasteiger partial charge in [-0.25, -0.2) is 0 Å². The van der Waals surface area contributed by atoms with E-state index in [1.165, 1.54) is 11.4 Å². The molecular weight excluding hydrogens is 244 g/mol. The topological polar surface area (TPSA) is 95.2 Å². The Labute approximate surface area is 112 Å². The molecule has 2 fully saturated rings. The lowest BCUT2D eigenvalue weighted by Gasteiger charge is -2.22. The molecule has 0 aromatic heterocycles. The molecule has 0 amide bonds. The first-order valence-corrected chi connectivity index (χ1v) is 7.18. The van der Waals surface area contributed by atoms with Crippen LogP contribution in [0.25, 0.3) is 0 Å². The van der Waals surface area contributed by atoms with Crippen molar-refractivity contribution in [3.05, 3.63) is 0 Å². The molecule has 6 heteroatoms. The number of nitrogens with two attached hydrogens (primary N) is 2. The van der Waals surface area contributed by atoms with Gasteiger partial charge in [-0.3, -0.25) is 0 Å². The van der Waals surface area contributed by atoms with Crippen LogP contribution in [0.5, 0.6) is 0 Å². The third-order valence-corrected chi connectivity index (χ3v) is 5.38.